The van der Waals surface area contributed by atoms with E-state index in [1.807, 2.05) is 31.2 Å². The number of hydrogen-bond acceptors (Lipinski definition) is 2. The highest BCUT2D eigenvalue weighted by atomic mass is 16.5. The Labute approximate surface area is 141 Å². The molecule has 0 atom stereocenters. The summed E-state index contributed by atoms with van der Waals surface area (Å²) in [5, 5.41) is 5.48. The normalized spacial score (nSPS) is 12.4. The Morgan fingerprint density at radius 2 is 1.79 bits per heavy atom. The molecule has 1 aliphatic carbocycles. The van der Waals surface area contributed by atoms with Crippen LogP contribution >= 0.6 is 0 Å². The van der Waals surface area contributed by atoms with Crippen molar-refractivity contribution in [2.45, 2.75) is 19.8 Å². The van der Waals surface area contributed by atoms with Gasteiger partial charge < -0.3 is 10.1 Å². The molecule has 3 heteroatoms. The van der Waals surface area contributed by atoms with E-state index in [4.69, 9.17) is 4.74 Å². The molecular weight excluding hydrogens is 298 g/mol. The van der Waals surface area contributed by atoms with Crippen molar-refractivity contribution >= 4 is 22.4 Å². The fourth-order valence-electron chi connectivity index (χ4n) is 3.48. The lowest BCUT2D eigenvalue weighted by atomic mass is 10.0. The maximum atomic E-state index is 12.7. The summed E-state index contributed by atoms with van der Waals surface area (Å²) in [7, 11) is 0. The maximum Gasteiger partial charge on any atom is 0.259 e. The van der Waals surface area contributed by atoms with Crippen LogP contribution in [-0.2, 0) is 12.8 Å². The number of carbonyl (C=O) groups excluding carboxylic acids is 1. The molecule has 3 aromatic rings. The molecule has 0 unspecified atom stereocenters. The molecule has 0 heterocycles. The van der Waals surface area contributed by atoms with Gasteiger partial charge in [0.15, 0.2) is 0 Å². The monoisotopic (exact) mass is 317 g/mol. The fraction of sp³-hybridized carbons (Fsp3) is 0.190. The lowest BCUT2D eigenvalue weighted by Crippen LogP contribution is -2.14. The predicted molar refractivity (Wildman–Crippen MR) is 96.9 cm³/mol. The summed E-state index contributed by atoms with van der Waals surface area (Å²) in [6.07, 6.45) is 2.16. The third-order valence-corrected chi connectivity index (χ3v) is 4.56. The Balaban J connectivity index is 1.72. The van der Waals surface area contributed by atoms with E-state index in [0.29, 0.717) is 17.9 Å². The van der Waals surface area contributed by atoms with Crippen LogP contribution in [0, 0.1) is 0 Å². The van der Waals surface area contributed by atoms with E-state index < -0.39 is 0 Å². The lowest BCUT2D eigenvalue weighted by Gasteiger charge is -2.13. The second kappa shape index (κ2) is 6.00. The SMILES string of the molecule is CCOc1ccccc1C(=O)Nc1ccc2c3c(cccc13)CC2. The standard InChI is InChI=1S/C21H19NO2/c1-2-24-19-9-4-3-7-17(19)21(23)22-18-13-12-15-11-10-14-6-5-8-16(18)20(14)15/h3-9,12-13H,2,10-11H2,1H3,(H,22,23). The van der Waals surface area contributed by atoms with E-state index >= 15 is 0 Å². The van der Waals surface area contributed by atoms with Crippen molar-refractivity contribution in [3.63, 3.8) is 0 Å². The van der Waals surface area contributed by atoms with E-state index in [9.17, 15) is 4.79 Å². The first-order valence-corrected chi connectivity index (χ1v) is 8.34. The summed E-state index contributed by atoms with van der Waals surface area (Å²) in [4.78, 5) is 12.7. The summed E-state index contributed by atoms with van der Waals surface area (Å²) >= 11 is 0. The fourth-order valence-corrected chi connectivity index (χ4v) is 3.48. The quantitative estimate of drug-likeness (QED) is 0.764. The van der Waals surface area contributed by atoms with Gasteiger partial charge in [-0.2, -0.15) is 0 Å². The van der Waals surface area contributed by atoms with E-state index in [2.05, 4.69) is 29.6 Å². The Hall–Kier alpha value is -2.81. The molecule has 0 saturated carbocycles. The van der Waals surface area contributed by atoms with Gasteiger partial charge >= 0.3 is 0 Å². The van der Waals surface area contributed by atoms with Gasteiger partial charge in [0, 0.05) is 11.1 Å². The highest BCUT2D eigenvalue weighted by Crippen LogP contribution is 2.35. The van der Waals surface area contributed by atoms with Crippen LogP contribution in [0.4, 0.5) is 5.69 Å². The minimum absolute atomic E-state index is 0.141. The minimum Gasteiger partial charge on any atom is -0.493 e. The van der Waals surface area contributed by atoms with Crippen LogP contribution in [0.1, 0.15) is 28.4 Å². The van der Waals surface area contributed by atoms with Gasteiger partial charge in [-0.25, -0.2) is 0 Å². The number of carbonyl (C=O) groups is 1. The van der Waals surface area contributed by atoms with Crippen LogP contribution in [0.5, 0.6) is 5.75 Å². The summed E-state index contributed by atoms with van der Waals surface area (Å²) in [5.41, 5.74) is 4.15. The first-order valence-electron chi connectivity index (χ1n) is 8.34. The molecule has 0 bridgehead atoms. The average Bonchev–Trinajstić information content (AvgIpc) is 3.03. The number of hydrogen-bond donors (Lipinski definition) is 1. The lowest BCUT2D eigenvalue weighted by molar-refractivity contribution is 0.102. The van der Waals surface area contributed by atoms with Crippen molar-refractivity contribution in [1.82, 2.24) is 0 Å². The molecule has 0 radical (unpaired) electrons. The summed E-state index contributed by atoms with van der Waals surface area (Å²) < 4.78 is 5.57. The molecule has 24 heavy (non-hydrogen) atoms. The number of benzene rings is 3. The number of rotatable bonds is 4. The topological polar surface area (TPSA) is 38.3 Å². The first-order chi connectivity index (χ1) is 11.8. The molecule has 0 fully saturated rings. The summed E-state index contributed by atoms with van der Waals surface area (Å²) in [5.74, 6) is 0.473. The minimum atomic E-state index is -0.141. The molecule has 0 aliphatic heterocycles. The van der Waals surface area contributed by atoms with Crippen molar-refractivity contribution in [2.24, 2.45) is 0 Å². The Bertz CT molecular complexity index is 920. The van der Waals surface area contributed by atoms with E-state index in [1.54, 1.807) is 6.07 Å². The first kappa shape index (κ1) is 14.8. The number of amides is 1. The number of aryl methyl sites for hydroxylation is 2. The van der Waals surface area contributed by atoms with Crippen molar-refractivity contribution < 1.29 is 9.53 Å². The van der Waals surface area contributed by atoms with Crippen LogP contribution in [0.3, 0.4) is 0 Å². The zero-order valence-corrected chi connectivity index (χ0v) is 13.6. The number of anilines is 1. The molecule has 3 aromatic carbocycles. The smallest absolute Gasteiger partial charge is 0.259 e. The second-order valence-corrected chi connectivity index (χ2v) is 6.00. The predicted octanol–water partition coefficient (Wildman–Crippen LogP) is 4.59. The number of ether oxygens (including phenoxy) is 1. The van der Waals surface area contributed by atoms with Crippen LogP contribution in [-0.4, -0.2) is 12.5 Å². The Morgan fingerprint density at radius 3 is 2.62 bits per heavy atom. The van der Waals surface area contributed by atoms with Gasteiger partial charge in [-0.15, -0.1) is 0 Å². The summed E-state index contributed by atoms with van der Waals surface area (Å²) in [6, 6.07) is 17.8. The second-order valence-electron chi connectivity index (χ2n) is 6.00. The van der Waals surface area contributed by atoms with E-state index in [0.717, 1.165) is 23.9 Å². The van der Waals surface area contributed by atoms with Gasteiger partial charge in [0.05, 0.1) is 12.2 Å². The molecule has 3 nitrogen and oxygen atoms in total. The van der Waals surface area contributed by atoms with Crippen LogP contribution in [0.2, 0.25) is 0 Å². The Kier molecular flexibility index (Phi) is 3.69. The van der Waals surface area contributed by atoms with Gasteiger partial charge in [-0.1, -0.05) is 36.4 Å². The van der Waals surface area contributed by atoms with Crippen molar-refractivity contribution in [3.05, 3.63) is 71.3 Å². The zero-order valence-electron chi connectivity index (χ0n) is 13.6. The van der Waals surface area contributed by atoms with Crippen molar-refractivity contribution in [3.8, 4) is 5.75 Å². The third kappa shape index (κ3) is 2.42. The third-order valence-electron chi connectivity index (χ3n) is 4.56. The molecule has 120 valence electrons. The molecule has 0 spiro atoms. The van der Waals surface area contributed by atoms with Crippen LogP contribution in [0.15, 0.2) is 54.6 Å². The average molecular weight is 317 g/mol. The van der Waals surface area contributed by atoms with Gasteiger partial charge in [0.1, 0.15) is 5.75 Å². The maximum absolute atomic E-state index is 12.7. The molecule has 0 aromatic heterocycles. The van der Waals surface area contributed by atoms with Gasteiger partial charge in [-0.05, 0) is 54.5 Å². The Morgan fingerprint density at radius 1 is 1.00 bits per heavy atom. The number of para-hydroxylation sites is 1. The van der Waals surface area contributed by atoms with Crippen LogP contribution in [0.25, 0.3) is 10.8 Å². The van der Waals surface area contributed by atoms with Crippen LogP contribution < -0.4 is 10.1 Å². The van der Waals surface area contributed by atoms with E-state index in [-0.39, 0.29) is 5.91 Å². The van der Waals surface area contributed by atoms with E-state index in [1.165, 1.54) is 16.5 Å². The van der Waals surface area contributed by atoms with Gasteiger partial charge in [-0.3, -0.25) is 4.79 Å². The largest absolute Gasteiger partial charge is 0.493 e. The highest BCUT2D eigenvalue weighted by Gasteiger charge is 2.18. The molecule has 1 amide bonds. The molecule has 1 aliphatic rings. The summed E-state index contributed by atoms with van der Waals surface area (Å²) in [6.45, 7) is 2.45. The zero-order chi connectivity index (χ0) is 16.5. The van der Waals surface area contributed by atoms with Gasteiger partial charge in [0.2, 0.25) is 0 Å². The van der Waals surface area contributed by atoms with Gasteiger partial charge in [0.25, 0.3) is 5.91 Å². The number of nitrogens with one attached hydrogen (secondary N) is 1. The molecule has 1 N–H and O–H groups in total. The molecule has 4 rings (SSSR count). The molecular formula is C21H19NO2. The molecule has 0 saturated heterocycles. The van der Waals surface area contributed by atoms with Crippen molar-refractivity contribution in [1.29, 1.82) is 0 Å². The van der Waals surface area contributed by atoms with Crippen molar-refractivity contribution in [2.75, 3.05) is 11.9 Å². The highest BCUT2D eigenvalue weighted by molar-refractivity contribution is 6.11.